The second-order valence-corrected chi connectivity index (χ2v) is 6.10. The van der Waals surface area contributed by atoms with Gasteiger partial charge in [0, 0.05) is 9.13 Å². The summed E-state index contributed by atoms with van der Waals surface area (Å²) in [5.41, 5.74) is 2.14. The van der Waals surface area contributed by atoms with Crippen molar-refractivity contribution in [1.29, 1.82) is 0 Å². The van der Waals surface area contributed by atoms with Gasteiger partial charge in [0.2, 0.25) is 0 Å². The lowest BCUT2D eigenvalue weighted by molar-refractivity contribution is 0.388. The first-order valence-corrected chi connectivity index (χ1v) is 7.91. The van der Waals surface area contributed by atoms with Crippen molar-refractivity contribution in [2.75, 3.05) is 21.3 Å². The van der Waals surface area contributed by atoms with Gasteiger partial charge >= 0.3 is 0 Å². The third-order valence-electron chi connectivity index (χ3n) is 3.30. The van der Waals surface area contributed by atoms with Gasteiger partial charge in [-0.2, -0.15) is 0 Å². The van der Waals surface area contributed by atoms with Crippen LogP contribution in [-0.2, 0) is 0 Å². The summed E-state index contributed by atoms with van der Waals surface area (Å²) in [6.45, 7) is 0. The van der Waals surface area contributed by atoms with Gasteiger partial charge in [0.25, 0.3) is 0 Å². The Morgan fingerprint density at radius 1 is 1.14 bits per heavy atom. The smallest absolute Gasteiger partial charge is 0.146 e. The lowest BCUT2D eigenvalue weighted by Gasteiger charge is -2.21. The molecule has 1 atom stereocenters. The van der Waals surface area contributed by atoms with Crippen LogP contribution in [0.15, 0.2) is 36.4 Å². The normalized spacial score (nSPS) is 12.0. The minimum Gasteiger partial charge on any atom is -0.495 e. The van der Waals surface area contributed by atoms with Gasteiger partial charge in [0.15, 0.2) is 0 Å². The van der Waals surface area contributed by atoms with E-state index in [0.717, 1.165) is 11.1 Å². The maximum Gasteiger partial charge on any atom is 0.146 e. The van der Waals surface area contributed by atoms with Gasteiger partial charge < -0.3 is 14.8 Å². The number of nitrogens with one attached hydrogen (secondary N) is 1. The summed E-state index contributed by atoms with van der Waals surface area (Å²) in [6.07, 6.45) is 0. The summed E-state index contributed by atoms with van der Waals surface area (Å²) in [7, 11) is 5.13. The Balaban J connectivity index is 2.55. The molecule has 0 bridgehead atoms. The number of hydrogen-bond donors (Lipinski definition) is 1. The monoisotopic (exact) mass is 417 g/mol. The standard InChI is InChI=1S/C16H17ClINO2/c1-19-15(10-5-4-6-11(18)9-10)12-7-8-13(20-2)14(17)16(12)21-3/h4-9,15,19H,1-3H3. The van der Waals surface area contributed by atoms with Gasteiger partial charge in [-0.25, -0.2) is 0 Å². The molecule has 0 aliphatic heterocycles. The van der Waals surface area contributed by atoms with E-state index in [1.54, 1.807) is 14.2 Å². The fourth-order valence-electron chi connectivity index (χ4n) is 2.33. The molecular weight excluding hydrogens is 401 g/mol. The molecule has 0 aliphatic rings. The average molecular weight is 418 g/mol. The van der Waals surface area contributed by atoms with E-state index in [1.165, 1.54) is 3.57 Å². The summed E-state index contributed by atoms with van der Waals surface area (Å²) >= 11 is 8.66. The number of ether oxygens (including phenoxy) is 2. The Labute approximate surface area is 143 Å². The second kappa shape index (κ2) is 7.33. The molecule has 21 heavy (non-hydrogen) atoms. The van der Waals surface area contributed by atoms with Gasteiger partial charge in [-0.15, -0.1) is 0 Å². The van der Waals surface area contributed by atoms with E-state index in [2.05, 4.69) is 46.1 Å². The Kier molecular flexibility index (Phi) is 5.72. The zero-order valence-corrected chi connectivity index (χ0v) is 15.0. The molecule has 1 unspecified atom stereocenters. The number of rotatable bonds is 5. The molecule has 0 spiro atoms. The molecule has 0 amide bonds. The van der Waals surface area contributed by atoms with Crippen molar-refractivity contribution in [3.8, 4) is 11.5 Å². The highest BCUT2D eigenvalue weighted by Gasteiger charge is 2.21. The third kappa shape index (κ3) is 3.44. The fraction of sp³-hybridized carbons (Fsp3) is 0.250. The maximum absolute atomic E-state index is 6.35. The Morgan fingerprint density at radius 3 is 2.48 bits per heavy atom. The predicted octanol–water partition coefficient (Wildman–Crippen LogP) is 4.27. The number of halogens is 2. The van der Waals surface area contributed by atoms with Crippen LogP contribution >= 0.6 is 34.2 Å². The van der Waals surface area contributed by atoms with Crippen LogP contribution in [0, 0.1) is 3.57 Å². The molecule has 2 rings (SSSR count). The summed E-state index contributed by atoms with van der Waals surface area (Å²) < 4.78 is 11.9. The van der Waals surface area contributed by atoms with E-state index < -0.39 is 0 Å². The lowest BCUT2D eigenvalue weighted by Crippen LogP contribution is -2.18. The molecule has 5 heteroatoms. The zero-order chi connectivity index (χ0) is 15.4. The highest BCUT2D eigenvalue weighted by atomic mass is 127. The van der Waals surface area contributed by atoms with Crippen molar-refractivity contribution >= 4 is 34.2 Å². The summed E-state index contributed by atoms with van der Waals surface area (Å²) in [5.74, 6) is 1.24. The van der Waals surface area contributed by atoms with Crippen LogP contribution in [0.25, 0.3) is 0 Å². The van der Waals surface area contributed by atoms with Gasteiger partial charge in [-0.3, -0.25) is 0 Å². The quantitative estimate of drug-likeness (QED) is 0.737. The molecule has 0 heterocycles. The minimum atomic E-state index is -0.00179. The largest absolute Gasteiger partial charge is 0.495 e. The number of methoxy groups -OCH3 is 2. The van der Waals surface area contributed by atoms with E-state index in [-0.39, 0.29) is 6.04 Å². The lowest BCUT2D eigenvalue weighted by atomic mass is 9.98. The summed E-state index contributed by atoms with van der Waals surface area (Å²) in [4.78, 5) is 0. The summed E-state index contributed by atoms with van der Waals surface area (Å²) in [6, 6.07) is 12.2. The molecule has 112 valence electrons. The van der Waals surface area contributed by atoms with Crippen molar-refractivity contribution in [3.63, 3.8) is 0 Å². The van der Waals surface area contributed by atoms with Gasteiger partial charge in [0.05, 0.1) is 20.3 Å². The minimum absolute atomic E-state index is 0.00179. The van der Waals surface area contributed by atoms with E-state index in [0.29, 0.717) is 16.5 Å². The zero-order valence-electron chi connectivity index (χ0n) is 12.1. The SMILES string of the molecule is CNC(c1cccc(I)c1)c1ccc(OC)c(Cl)c1OC. The third-order valence-corrected chi connectivity index (χ3v) is 4.33. The molecule has 3 nitrogen and oxygen atoms in total. The van der Waals surface area contributed by atoms with Crippen LogP contribution in [0.3, 0.4) is 0 Å². The van der Waals surface area contributed by atoms with Crippen LogP contribution in [-0.4, -0.2) is 21.3 Å². The van der Waals surface area contributed by atoms with E-state index in [1.807, 2.05) is 25.2 Å². The topological polar surface area (TPSA) is 30.5 Å². The molecule has 1 N–H and O–H groups in total. The van der Waals surface area contributed by atoms with Crippen molar-refractivity contribution in [3.05, 3.63) is 56.1 Å². The Bertz CT molecular complexity index is 634. The van der Waals surface area contributed by atoms with Gasteiger partial charge in [0.1, 0.15) is 16.5 Å². The van der Waals surface area contributed by atoms with Crippen LogP contribution in [0.1, 0.15) is 17.2 Å². The van der Waals surface area contributed by atoms with E-state index in [4.69, 9.17) is 21.1 Å². The van der Waals surface area contributed by atoms with Crippen molar-refractivity contribution in [2.45, 2.75) is 6.04 Å². The summed E-state index contributed by atoms with van der Waals surface area (Å²) in [5, 5.41) is 3.81. The van der Waals surface area contributed by atoms with Crippen LogP contribution < -0.4 is 14.8 Å². The van der Waals surface area contributed by atoms with Crippen molar-refractivity contribution < 1.29 is 9.47 Å². The van der Waals surface area contributed by atoms with Crippen LogP contribution in [0.5, 0.6) is 11.5 Å². The second-order valence-electron chi connectivity index (χ2n) is 4.48. The molecule has 0 radical (unpaired) electrons. The molecule has 0 aliphatic carbocycles. The molecule has 2 aromatic rings. The first-order valence-electron chi connectivity index (χ1n) is 6.45. The Morgan fingerprint density at radius 2 is 1.90 bits per heavy atom. The number of benzene rings is 2. The molecule has 0 fully saturated rings. The predicted molar refractivity (Wildman–Crippen MR) is 94.6 cm³/mol. The number of hydrogen-bond acceptors (Lipinski definition) is 3. The highest BCUT2D eigenvalue weighted by Crippen LogP contribution is 2.41. The van der Waals surface area contributed by atoms with Crippen molar-refractivity contribution in [2.24, 2.45) is 0 Å². The van der Waals surface area contributed by atoms with E-state index >= 15 is 0 Å². The fourth-order valence-corrected chi connectivity index (χ4v) is 3.23. The van der Waals surface area contributed by atoms with Crippen LogP contribution in [0.2, 0.25) is 5.02 Å². The van der Waals surface area contributed by atoms with Crippen LogP contribution in [0.4, 0.5) is 0 Å². The highest BCUT2D eigenvalue weighted by molar-refractivity contribution is 14.1. The van der Waals surface area contributed by atoms with Gasteiger partial charge in [-0.05, 0) is 59.5 Å². The first-order chi connectivity index (χ1) is 10.1. The first kappa shape index (κ1) is 16.4. The molecular formula is C16H17ClINO2. The molecule has 0 aromatic heterocycles. The maximum atomic E-state index is 6.35. The van der Waals surface area contributed by atoms with Gasteiger partial charge in [-0.1, -0.05) is 23.7 Å². The van der Waals surface area contributed by atoms with Crippen molar-refractivity contribution in [1.82, 2.24) is 5.32 Å². The molecule has 0 saturated heterocycles. The molecule has 2 aromatic carbocycles. The van der Waals surface area contributed by atoms with E-state index in [9.17, 15) is 0 Å². The molecule has 0 saturated carbocycles. The Hall–Kier alpha value is -0.980. The average Bonchev–Trinajstić information content (AvgIpc) is 2.48.